The highest BCUT2D eigenvalue weighted by atomic mass is 32.2. The Hall–Kier alpha value is -1.67. The topological polar surface area (TPSA) is 84.0 Å². The number of urea groups is 1. The van der Waals surface area contributed by atoms with E-state index in [1.54, 1.807) is 17.7 Å². The number of imide groups is 1. The van der Waals surface area contributed by atoms with Crippen molar-refractivity contribution < 1.29 is 9.59 Å². The standard InChI is InChI=1S/C17H20N4O2S2/c1-9-2-5-11-12(6-9)25-16-14(11)15(18-8-19-16)24-7-13(22)21-17(23)20-10-3-4-10/h8-10H,2-7H2,1H3,(H2,20,21,22,23)/t9-/m1/s1. The summed E-state index contributed by atoms with van der Waals surface area (Å²) in [5.41, 5.74) is 1.35. The van der Waals surface area contributed by atoms with Gasteiger partial charge in [0.15, 0.2) is 0 Å². The van der Waals surface area contributed by atoms with Crippen molar-refractivity contribution >= 4 is 45.3 Å². The number of hydrogen-bond acceptors (Lipinski definition) is 6. The van der Waals surface area contributed by atoms with E-state index in [-0.39, 0.29) is 17.7 Å². The van der Waals surface area contributed by atoms with E-state index in [9.17, 15) is 9.59 Å². The van der Waals surface area contributed by atoms with Crippen LogP contribution >= 0.6 is 23.1 Å². The number of nitrogens with one attached hydrogen (secondary N) is 2. The number of thioether (sulfide) groups is 1. The number of thiophene rings is 1. The van der Waals surface area contributed by atoms with Gasteiger partial charge in [-0.05, 0) is 43.6 Å². The zero-order valence-electron chi connectivity index (χ0n) is 14.0. The highest BCUT2D eigenvalue weighted by molar-refractivity contribution is 8.00. The van der Waals surface area contributed by atoms with E-state index in [1.807, 2.05) is 0 Å². The quantitative estimate of drug-likeness (QED) is 0.633. The van der Waals surface area contributed by atoms with Crippen LogP contribution in [0.2, 0.25) is 0 Å². The summed E-state index contributed by atoms with van der Waals surface area (Å²) in [4.78, 5) is 34.9. The Balaban J connectivity index is 1.46. The van der Waals surface area contributed by atoms with Gasteiger partial charge in [-0.15, -0.1) is 11.3 Å². The normalized spacial score (nSPS) is 19.5. The molecular formula is C17H20N4O2S2. The molecule has 1 atom stereocenters. The summed E-state index contributed by atoms with van der Waals surface area (Å²) in [7, 11) is 0. The number of rotatable bonds is 4. The van der Waals surface area contributed by atoms with E-state index in [1.165, 1.54) is 28.6 Å². The van der Waals surface area contributed by atoms with E-state index < -0.39 is 6.03 Å². The molecule has 2 N–H and O–H groups in total. The van der Waals surface area contributed by atoms with E-state index in [4.69, 9.17) is 0 Å². The highest BCUT2D eigenvalue weighted by Crippen LogP contribution is 2.40. The van der Waals surface area contributed by atoms with Gasteiger partial charge in [0.2, 0.25) is 5.91 Å². The molecule has 3 amide bonds. The molecule has 2 aliphatic carbocycles. The SMILES string of the molecule is C[C@@H]1CCc2c(sc3ncnc(SCC(=O)NC(=O)NC4CC4)c23)C1. The Bertz CT molecular complexity index is 831. The molecule has 2 aromatic heterocycles. The minimum absolute atomic E-state index is 0.172. The number of amides is 3. The van der Waals surface area contributed by atoms with Crippen LogP contribution in [0.1, 0.15) is 36.6 Å². The first-order valence-corrected chi connectivity index (χ1v) is 10.4. The van der Waals surface area contributed by atoms with Crippen molar-refractivity contribution in [3.05, 3.63) is 16.8 Å². The summed E-state index contributed by atoms with van der Waals surface area (Å²) in [5.74, 6) is 0.582. The number of aromatic nitrogens is 2. The molecule has 4 rings (SSSR count). The largest absolute Gasteiger partial charge is 0.335 e. The van der Waals surface area contributed by atoms with Crippen molar-refractivity contribution in [2.24, 2.45) is 5.92 Å². The van der Waals surface area contributed by atoms with Crippen molar-refractivity contribution in [1.29, 1.82) is 0 Å². The van der Waals surface area contributed by atoms with Gasteiger partial charge in [-0.1, -0.05) is 18.7 Å². The lowest BCUT2D eigenvalue weighted by Gasteiger charge is -2.18. The molecule has 1 fully saturated rings. The molecule has 2 aliphatic rings. The van der Waals surface area contributed by atoms with E-state index in [2.05, 4.69) is 27.5 Å². The Labute approximate surface area is 154 Å². The van der Waals surface area contributed by atoms with Crippen LogP contribution < -0.4 is 10.6 Å². The summed E-state index contributed by atoms with van der Waals surface area (Å²) < 4.78 is 0. The van der Waals surface area contributed by atoms with Crippen molar-refractivity contribution in [3.8, 4) is 0 Å². The second kappa shape index (κ2) is 6.92. The highest BCUT2D eigenvalue weighted by Gasteiger charge is 2.25. The fourth-order valence-electron chi connectivity index (χ4n) is 3.10. The van der Waals surface area contributed by atoms with Crippen LogP contribution in [0.4, 0.5) is 4.79 Å². The van der Waals surface area contributed by atoms with Crippen LogP contribution in [0.5, 0.6) is 0 Å². The molecule has 132 valence electrons. The predicted octanol–water partition coefficient (Wildman–Crippen LogP) is 2.90. The van der Waals surface area contributed by atoms with Gasteiger partial charge in [-0.2, -0.15) is 0 Å². The number of fused-ring (bicyclic) bond motifs is 3. The second-order valence-electron chi connectivity index (χ2n) is 6.80. The molecule has 0 spiro atoms. The third kappa shape index (κ3) is 3.79. The smallest absolute Gasteiger partial charge is 0.321 e. The summed E-state index contributed by atoms with van der Waals surface area (Å²) >= 11 is 3.12. The number of carbonyl (C=O) groups is 2. The first-order chi connectivity index (χ1) is 12.1. The first kappa shape index (κ1) is 16.8. The maximum atomic E-state index is 12.0. The lowest BCUT2D eigenvalue weighted by atomic mass is 9.89. The van der Waals surface area contributed by atoms with Gasteiger partial charge in [-0.3, -0.25) is 10.1 Å². The summed E-state index contributed by atoms with van der Waals surface area (Å²) in [5, 5.41) is 7.08. The second-order valence-corrected chi connectivity index (χ2v) is 8.84. The molecule has 8 heteroatoms. The minimum Gasteiger partial charge on any atom is -0.335 e. The van der Waals surface area contributed by atoms with Gasteiger partial charge in [0, 0.05) is 16.3 Å². The molecule has 25 heavy (non-hydrogen) atoms. The van der Waals surface area contributed by atoms with Gasteiger partial charge in [0.25, 0.3) is 0 Å². The molecular weight excluding hydrogens is 356 g/mol. The number of hydrogen-bond donors (Lipinski definition) is 2. The fourth-order valence-corrected chi connectivity index (χ4v) is 5.34. The third-order valence-corrected chi connectivity index (χ3v) is 6.71. The summed E-state index contributed by atoms with van der Waals surface area (Å²) in [6.07, 6.45) is 6.89. The molecule has 2 aromatic rings. The van der Waals surface area contributed by atoms with Crippen molar-refractivity contribution in [1.82, 2.24) is 20.6 Å². The minimum atomic E-state index is -0.400. The Morgan fingerprint density at radius 2 is 2.16 bits per heavy atom. The average molecular weight is 377 g/mol. The maximum absolute atomic E-state index is 12.0. The van der Waals surface area contributed by atoms with Crippen LogP contribution in [-0.2, 0) is 17.6 Å². The van der Waals surface area contributed by atoms with Crippen molar-refractivity contribution in [2.75, 3.05) is 5.75 Å². The zero-order valence-corrected chi connectivity index (χ0v) is 15.6. The first-order valence-electron chi connectivity index (χ1n) is 8.58. The number of aryl methyl sites for hydroxylation is 1. The predicted molar refractivity (Wildman–Crippen MR) is 99.0 cm³/mol. The maximum Gasteiger partial charge on any atom is 0.321 e. The Morgan fingerprint density at radius 3 is 2.96 bits per heavy atom. The van der Waals surface area contributed by atoms with Crippen LogP contribution in [0, 0.1) is 5.92 Å². The molecule has 0 radical (unpaired) electrons. The van der Waals surface area contributed by atoms with Gasteiger partial charge < -0.3 is 5.32 Å². The Morgan fingerprint density at radius 1 is 1.32 bits per heavy atom. The van der Waals surface area contributed by atoms with Gasteiger partial charge in [0.05, 0.1) is 5.75 Å². The molecule has 0 unspecified atom stereocenters. The fraction of sp³-hybridized carbons (Fsp3) is 0.529. The summed E-state index contributed by atoms with van der Waals surface area (Å²) in [6.45, 7) is 2.28. The monoisotopic (exact) mass is 376 g/mol. The molecule has 0 aliphatic heterocycles. The lowest BCUT2D eigenvalue weighted by molar-refractivity contribution is -0.117. The average Bonchev–Trinajstić information content (AvgIpc) is 3.30. The molecule has 0 aromatic carbocycles. The van der Waals surface area contributed by atoms with Crippen molar-refractivity contribution in [2.45, 2.75) is 50.1 Å². The zero-order chi connectivity index (χ0) is 17.4. The van der Waals surface area contributed by atoms with Crippen molar-refractivity contribution in [3.63, 3.8) is 0 Å². The molecule has 6 nitrogen and oxygen atoms in total. The van der Waals surface area contributed by atoms with Gasteiger partial charge in [0.1, 0.15) is 16.2 Å². The van der Waals surface area contributed by atoms with Crippen LogP contribution in [0.15, 0.2) is 11.4 Å². The number of nitrogens with zero attached hydrogens (tertiary/aromatic N) is 2. The van der Waals surface area contributed by atoms with Crippen LogP contribution in [-0.4, -0.2) is 33.7 Å². The van der Waals surface area contributed by atoms with Gasteiger partial charge in [-0.25, -0.2) is 14.8 Å². The van der Waals surface area contributed by atoms with Crippen LogP contribution in [0.25, 0.3) is 10.2 Å². The third-order valence-electron chi connectivity index (χ3n) is 4.56. The Kier molecular flexibility index (Phi) is 4.64. The lowest BCUT2D eigenvalue weighted by Crippen LogP contribution is -2.41. The number of carbonyl (C=O) groups excluding carboxylic acids is 2. The molecule has 1 saturated carbocycles. The van der Waals surface area contributed by atoms with Gasteiger partial charge >= 0.3 is 6.03 Å². The molecule has 0 bridgehead atoms. The summed E-state index contributed by atoms with van der Waals surface area (Å²) in [6, 6.07) is -0.163. The van der Waals surface area contributed by atoms with E-state index in [0.29, 0.717) is 5.92 Å². The van der Waals surface area contributed by atoms with Crippen LogP contribution in [0.3, 0.4) is 0 Å². The van der Waals surface area contributed by atoms with E-state index >= 15 is 0 Å². The molecule has 0 saturated heterocycles. The van der Waals surface area contributed by atoms with E-state index in [0.717, 1.165) is 40.9 Å². The molecule has 2 heterocycles.